The largest absolute Gasteiger partial charge is 0.383 e. The maximum Gasteiger partial charge on any atom is 0.131 e. The number of hydrogen-bond donors (Lipinski definition) is 1. The fourth-order valence-electron chi connectivity index (χ4n) is 2.64. The summed E-state index contributed by atoms with van der Waals surface area (Å²) in [7, 11) is 0. The molecule has 1 saturated carbocycles. The van der Waals surface area contributed by atoms with E-state index in [-0.39, 0.29) is 0 Å². The quantitative estimate of drug-likeness (QED) is 0.745. The average molecular weight is 266 g/mol. The van der Waals surface area contributed by atoms with E-state index < -0.39 is 0 Å². The third kappa shape index (κ3) is 1.73. The molecule has 0 saturated heterocycles. The Morgan fingerprint density at radius 3 is 2.53 bits per heavy atom. The predicted molar refractivity (Wildman–Crippen MR) is 81.4 cm³/mol. The summed E-state index contributed by atoms with van der Waals surface area (Å²) in [6, 6.07) is 12.6. The van der Waals surface area contributed by atoms with Crippen molar-refractivity contribution in [3.05, 3.63) is 47.5 Å². The Morgan fingerprint density at radius 2 is 1.84 bits per heavy atom. The van der Waals surface area contributed by atoms with Crippen LogP contribution < -0.4 is 5.73 Å². The number of nitrogen functional groups attached to an aromatic ring is 1. The van der Waals surface area contributed by atoms with Gasteiger partial charge in [-0.3, -0.25) is 0 Å². The smallest absolute Gasteiger partial charge is 0.131 e. The Kier molecular flexibility index (Phi) is 2.35. The second kappa shape index (κ2) is 4.07. The number of nitrogens with two attached hydrogens (primary N) is 1. The third-order valence-electron chi connectivity index (χ3n) is 3.70. The van der Waals surface area contributed by atoms with Crippen LogP contribution in [0.4, 0.5) is 5.82 Å². The first-order valence-corrected chi connectivity index (χ1v) is 7.44. The van der Waals surface area contributed by atoms with Crippen molar-refractivity contribution >= 4 is 27.9 Å². The molecule has 0 radical (unpaired) electrons. The first-order valence-electron chi connectivity index (χ1n) is 6.56. The molecule has 0 amide bonds. The maximum atomic E-state index is 6.14. The van der Waals surface area contributed by atoms with Crippen LogP contribution in [0.1, 0.15) is 24.5 Å². The molecule has 1 aliphatic carbocycles. The normalized spacial score (nSPS) is 14.9. The van der Waals surface area contributed by atoms with Crippen molar-refractivity contribution in [2.45, 2.75) is 18.8 Å². The second-order valence-electron chi connectivity index (χ2n) is 5.05. The van der Waals surface area contributed by atoms with E-state index in [1.807, 2.05) is 6.07 Å². The van der Waals surface area contributed by atoms with Gasteiger partial charge in [0.2, 0.25) is 0 Å². The molecule has 19 heavy (non-hydrogen) atoms. The van der Waals surface area contributed by atoms with Crippen LogP contribution >= 0.6 is 11.3 Å². The van der Waals surface area contributed by atoms with Gasteiger partial charge < -0.3 is 5.73 Å². The summed E-state index contributed by atoms with van der Waals surface area (Å²) in [5.74, 6) is 1.27. The van der Waals surface area contributed by atoms with Gasteiger partial charge in [-0.25, -0.2) is 4.98 Å². The summed E-state index contributed by atoms with van der Waals surface area (Å²) in [5, 5.41) is 4.42. The van der Waals surface area contributed by atoms with Crippen LogP contribution in [0, 0.1) is 0 Å². The minimum atomic E-state index is 0.601. The van der Waals surface area contributed by atoms with E-state index >= 15 is 0 Å². The van der Waals surface area contributed by atoms with Crippen LogP contribution in [0.3, 0.4) is 0 Å². The SMILES string of the molecule is Nc1nc(C2CC2)c(-c2cccs2)c2ccccc12. The predicted octanol–water partition coefficient (Wildman–Crippen LogP) is 4.42. The van der Waals surface area contributed by atoms with E-state index in [0.29, 0.717) is 11.7 Å². The number of benzene rings is 1. The Labute approximate surface area is 115 Å². The Balaban J connectivity index is 2.12. The average Bonchev–Trinajstić information content (AvgIpc) is 3.15. The van der Waals surface area contributed by atoms with Crippen LogP contribution in [0.5, 0.6) is 0 Å². The highest BCUT2D eigenvalue weighted by Crippen LogP contribution is 2.47. The van der Waals surface area contributed by atoms with Crippen LogP contribution in [0.2, 0.25) is 0 Å². The summed E-state index contributed by atoms with van der Waals surface area (Å²) in [4.78, 5) is 6.00. The number of hydrogen-bond acceptors (Lipinski definition) is 3. The molecule has 2 heterocycles. The van der Waals surface area contributed by atoms with Crippen molar-refractivity contribution in [2.24, 2.45) is 0 Å². The highest BCUT2D eigenvalue weighted by Gasteiger charge is 2.30. The fraction of sp³-hybridized carbons (Fsp3) is 0.188. The van der Waals surface area contributed by atoms with Crippen molar-refractivity contribution in [3.63, 3.8) is 0 Å². The number of pyridine rings is 1. The molecule has 0 aliphatic heterocycles. The summed E-state index contributed by atoms with van der Waals surface area (Å²) in [6.45, 7) is 0. The van der Waals surface area contributed by atoms with Gasteiger partial charge in [0.1, 0.15) is 5.82 Å². The zero-order valence-electron chi connectivity index (χ0n) is 10.5. The lowest BCUT2D eigenvalue weighted by Crippen LogP contribution is -1.99. The number of nitrogens with zero attached hydrogens (tertiary/aromatic N) is 1. The molecule has 1 aliphatic rings. The van der Waals surface area contributed by atoms with Crippen LogP contribution in [-0.2, 0) is 0 Å². The molecule has 0 atom stereocenters. The molecule has 0 spiro atoms. The van der Waals surface area contributed by atoms with E-state index in [1.165, 1.54) is 34.4 Å². The summed E-state index contributed by atoms with van der Waals surface area (Å²) >= 11 is 1.78. The first kappa shape index (κ1) is 11.0. The fourth-order valence-corrected chi connectivity index (χ4v) is 3.43. The van der Waals surface area contributed by atoms with Crippen LogP contribution in [-0.4, -0.2) is 4.98 Å². The molecule has 3 heteroatoms. The number of aromatic nitrogens is 1. The molecule has 94 valence electrons. The minimum absolute atomic E-state index is 0.601. The van der Waals surface area contributed by atoms with Gasteiger partial charge in [0, 0.05) is 21.7 Å². The molecule has 4 rings (SSSR count). The van der Waals surface area contributed by atoms with Gasteiger partial charge in [0.15, 0.2) is 0 Å². The van der Waals surface area contributed by atoms with Gasteiger partial charge in [0.05, 0.1) is 5.69 Å². The monoisotopic (exact) mass is 266 g/mol. The lowest BCUT2D eigenvalue weighted by atomic mass is 10.00. The first-order chi connectivity index (χ1) is 9.34. The van der Waals surface area contributed by atoms with Gasteiger partial charge in [-0.05, 0) is 29.7 Å². The van der Waals surface area contributed by atoms with E-state index in [9.17, 15) is 0 Å². The molecule has 1 aromatic carbocycles. The second-order valence-corrected chi connectivity index (χ2v) is 6.00. The van der Waals surface area contributed by atoms with Crippen LogP contribution in [0.15, 0.2) is 41.8 Å². The Bertz CT molecular complexity index is 743. The number of anilines is 1. The number of fused-ring (bicyclic) bond motifs is 1. The minimum Gasteiger partial charge on any atom is -0.383 e. The molecular weight excluding hydrogens is 252 g/mol. The van der Waals surface area contributed by atoms with E-state index in [1.54, 1.807) is 11.3 Å². The third-order valence-corrected chi connectivity index (χ3v) is 4.59. The Hall–Kier alpha value is -1.87. The molecule has 2 nitrogen and oxygen atoms in total. The van der Waals surface area contributed by atoms with Gasteiger partial charge in [-0.1, -0.05) is 30.3 Å². The zero-order chi connectivity index (χ0) is 12.8. The van der Waals surface area contributed by atoms with Gasteiger partial charge in [0.25, 0.3) is 0 Å². The van der Waals surface area contributed by atoms with Crippen molar-refractivity contribution < 1.29 is 0 Å². The van der Waals surface area contributed by atoms with Gasteiger partial charge in [-0.15, -0.1) is 11.3 Å². The molecule has 2 N–H and O–H groups in total. The van der Waals surface area contributed by atoms with Crippen molar-refractivity contribution in [1.82, 2.24) is 4.98 Å². The number of rotatable bonds is 2. The Morgan fingerprint density at radius 1 is 1.05 bits per heavy atom. The van der Waals surface area contributed by atoms with Crippen molar-refractivity contribution in [1.29, 1.82) is 0 Å². The molecule has 0 bridgehead atoms. The standard InChI is InChI=1S/C16H14N2S/c17-16-12-5-2-1-4-11(12)14(13-6-3-9-19-13)15(18-16)10-7-8-10/h1-6,9-10H,7-8H2,(H2,17,18). The topological polar surface area (TPSA) is 38.9 Å². The molecular formula is C16H14N2S. The van der Waals surface area contributed by atoms with E-state index in [4.69, 9.17) is 10.7 Å². The number of thiophene rings is 1. The van der Waals surface area contributed by atoms with E-state index in [0.717, 1.165) is 5.39 Å². The molecule has 0 unspecified atom stereocenters. The molecule has 2 aromatic heterocycles. The van der Waals surface area contributed by atoms with Crippen molar-refractivity contribution in [3.8, 4) is 10.4 Å². The van der Waals surface area contributed by atoms with Crippen molar-refractivity contribution in [2.75, 3.05) is 5.73 Å². The van der Waals surface area contributed by atoms with Crippen LogP contribution in [0.25, 0.3) is 21.2 Å². The van der Waals surface area contributed by atoms with E-state index in [2.05, 4.69) is 35.7 Å². The summed E-state index contributed by atoms with van der Waals surface area (Å²) in [6.07, 6.45) is 2.48. The maximum absolute atomic E-state index is 6.14. The van der Waals surface area contributed by atoms with Gasteiger partial charge in [-0.2, -0.15) is 0 Å². The highest BCUT2D eigenvalue weighted by atomic mass is 32.1. The summed E-state index contributed by atoms with van der Waals surface area (Å²) < 4.78 is 0. The lowest BCUT2D eigenvalue weighted by molar-refractivity contribution is 1.04. The summed E-state index contributed by atoms with van der Waals surface area (Å²) in [5.41, 5.74) is 8.62. The molecule has 1 fully saturated rings. The lowest BCUT2D eigenvalue weighted by Gasteiger charge is -2.12. The highest BCUT2D eigenvalue weighted by molar-refractivity contribution is 7.13. The molecule has 3 aromatic rings. The zero-order valence-corrected chi connectivity index (χ0v) is 11.3. The van der Waals surface area contributed by atoms with Gasteiger partial charge >= 0.3 is 0 Å².